The van der Waals surface area contributed by atoms with Crippen LogP contribution in [0, 0.1) is 0 Å². The highest BCUT2D eigenvalue weighted by Gasteiger charge is 1.80. The van der Waals surface area contributed by atoms with Gasteiger partial charge in [0, 0.05) is 0 Å². The Morgan fingerprint density at radius 2 is 1.25 bits per heavy atom. The summed E-state index contributed by atoms with van der Waals surface area (Å²) in [6.07, 6.45) is 7.34. The second kappa shape index (κ2) is 6.83. The van der Waals surface area contributed by atoms with Crippen molar-refractivity contribution in [2.75, 3.05) is 13.2 Å². The summed E-state index contributed by atoms with van der Waals surface area (Å²) >= 11 is 0. The first-order valence-electron chi connectivity index (χ1n) is 3.92. The molecule has 2 heteroatoms. The van der Waals surface area contributed by atoms with Gasteiger partial charge in [-0.15, -0.1) is 0 Å². The fourth-order valence-corrected chi connectivity index (χ4v) is 0.545. The van der Waals surface area contributed by atoms with Crippen LogP contribution in [0.5, 0.6) is 0 Å². The average Bonchev–Trinajstić information content (AvgIpc) is 2.11. The Labute approximate surface area is 73.5 Å². The smallest absolute Gasteiger partial charge is 0.0642 e. The summed E-state index contributed by atoms with van der Waals surface area (Å²) in [5, 5.41) is 17.3. The van der Waals surface area contributed by atoms with Crippen LogP contribution in [0.1, 0.15) is 13.8 Å². The molecule has 0 saturated heterocycles. The van der Waals surface area contributed by atoms with Gasteiger partial charge in [-0.1, -0.05) is 24.3 Å². The lowest BCUT2D eigenvalue weighted by Crippen LogP contribution is -1.82. The normalized spacial score (nSPS) is 14.3. The molecular formula is C10H16O2. The Morgan fingerprint density at radius 3 is 1.50 bits per heavy atom. The maximum absolute atomic E-state index is 8.63. The van der Waals surface area contributed by atoms with Crippen LogP contribution in [0.25, 0.3) is 0 Å². The first kappa shape index (κ1) is 11.1. The summed E-state index contributed by atoms with van der Waals surface area (Å²) in [6, 6.07) is 0. The highest BCUT2D eigenvalue weighted by Crippen LogP contribution is 1.93. The molecular weight excluding hydrogens is 153 g/mol. The summed E-state index contributed by atoms with van der Waals surface area (Å²) in [7, 11) is 0. The molecule has 0 atom stereocenters. The highest BCUT2D eigenvalue weighted by molar-refractivity contribution is 5.18. The molecule has 0 aromatic rings. The minimum Gasteiger partial charge on any atom is -0.392 e. The van der Waals surface area contributed by atoms with E-state index >= 15 is 0 Å². The molecule has 0 aliphatic rings. The van der Waals surface area contributed by atoms with Crippen LogP contribution in [-0.4, -0.2) is 23.4 Å². The van der Waals surface area contributed by atoms with Crippen LogP contribution >= 0.6 is 0 Å². The third-order valence-electron chi connectivity index (χ3n) is 1.37. The van der Waals surface area contributed by atoms with Crippen LogP contribution in [0.15, 0.2) is 35.5 Å². The van der Waals surface area contributed by atoms with Crippen molar-refractivity contribution in [3.05, 3.63) is 35.5 Å². The maximum Gasteiger partial charge on any atom is 0.0642 e. The van der Waals surface area contributed by atoms with E-state index in [1.807, 2.05) is 38.2 Å². The van der Waals surface area contributed by atoms with Crippen molar-refractivity contribution >= 4 is 0 Å². The molecule has 0 amide bonds. The first-order chi connectivity index (χ1) is 5.70. The van der Waals surface area contributed by atoms with E-state index in [9.17, 15) is 0 Å². The van der Waals surface area contributed by atoms with Crippen LogP contribution < -0.4 is 0 Å². The number of aliphatic hydroxyl groups excluding tert-OH is 2. The van der Waals surface area contributed by atoms with Gasteiger partial charge in [0.2, 0.25) is 0 Å². The summed E-state index contributed by atoms with van der Waals surface area (Å²) in [4.78, 5) is 0. The van der Waals surface area contributed by atoms with Crippen LogP contribution in [0.2, 0.25) is 0 Å². The van der Waals surface area contributed by atoms with Crippen molar-refractivity contribution < 1.29 is 10.2 Å². The topological polar surface area (TPSA) is 40.5 Å². The van der Waals surface area contributed by atoms with E-state index in [0.717, 1.165) is 11.1 Å². The fraction of sp³-hybridized carbons (Fsp3) is 0.400. The van der Waals surface area contributed by atoms with E-state index < -0.39 is 0 Å². The molecule has 0 heterocycles. The lowest BCUT2D eigenvalue weighted by Gasteiger charge is -1.89. The Balaban J connectivity index is 3.93. The Kier molecular flexibility index (Phi) is 6.34. The molecule has 2 N–H and O–H groups in total. The summed E-state index contributed by atoms with van der Waals surface area (Å²) in [5.74, 6) is 0. The molecule has 0 spiro atoms. The number of hydrogen-bond acceptors (Lipinski definition) is 2. The van der Waals surface area contributed by atoms with E-state index in [1.165, 1.54) is 0 Å². The number of aliphatic hydroxyl groups is 2. The van der Waals surface area contributed by atoms with Crippen molar-refractivity contribution in [3.8, 4) is 0 Å². The fourth-order valence-electron chi connectivity index (χ4n) is 0.545. The van der Waals surface area contributed by atoms with Gasteiger partial charge in [-0.3, -0.25) is 0 Å². The summed E-state index contributed by atoms with van der Waals surface area (Å²) < 4.78 is 0. The maximum atomic E-state index is 8.63. The molecule has 0 aromatic heterocycles. The molecule has 0 aliphatic heterocycles. The predicted molar refractivity (Wildman–Crippen MR) is 50.8 cm³/mol. The van der Waals surface area contributed by atoms with Crippen LogP contribution in [0.3, 0.4) is 0 Å². The average molecular weight is 169 g/mol. The Bertz CT molecular complexity index is 178. The van der Waals surface area contributed by atoms with Crippen molar-refractivity contribution in [1.29, 1.82) is 0 Å². The van der Waals surface area contributed by atoms with Gasteiger partial charge in [0.05, 0.1) is 13.2 Å². The first-order valence-corrected chi connectivity index (χ1v) is 3.92. The zero-order chi connectivity index (χ0) is 9.40. The predicted octanol–water partition coefficient (Wildman–Crippen LogP) is 1.42. The van der Waals surface area contributed by atoms with Gasteiger partial charge >= 0.3 is 0 Å². The third-order valence-corrected chi connectivity index (χ3v) is 1.37. The largest absolute Gasteiger partial charge is 0.392 e. The molecule has 0 fully saturated rings. The van der Waals surface area contributed by atoms with E-state index in [0.29, 0.717) is 0 Å². The quantitative estimate of drug-likeness (QED) is 0.493. The van der Waals surface area contributed by atoms with Gasteiger partial charge in [0.25, 0.3) is 0 Å². The molecule has 0 rings (SSSR count). The van der Waals surface area contributed by atoms with Gasteiger partial charge in [0.1, 0.15) is 0 Å². The second-order valence-electron chi connectivity index (χ2n) is 2.73. The van der Waals surface area contributed by atoms with Gasteiger partial charge in [0.15, 0.2) is 0 Å². The molecule has 2 nitrogen and oxygen atoms in total. The van der Waals surface area contributed by atoms with E-state index in [4.69, 9.17) is 10.2 Å². The lowest BCUT2D eigenvalue weighted by atomic mass is 10.3. The number of allylic oxidation sites excluding steroid dienone is 4. The monoisotopic (exact) mass is 169 g/mol. The second-order valence-corrected chi connectivity index (χ2v) is 2.73. The van der Waals surface area contributed by atoms with Crippen molar-refractivity contribution in [2.24, 2.45) is 0 Å². The van der Waals surface area contributed by atoms with E-state index in [1.54, 1.807) is 0 Å². The minimum absolute atomic E-state index is 0.0903. The van der Waals surface area contributed by atoms with E-state index in [2.05, 4.69) is 0 Å². The highest BCUT2D eigenvalue weighted by atomic mass is 16.3. The lowest BCUT2D eigenvalue weighted by molar-refractivity contribution is 0.331. The molecule has 0 bridgehead atoms. The molecule has 12 heavy (non-hydrogen) atoms. The standard InChI is InChI=1S/C10H16O2/c1-9(7-11)5-3-4-6-10(2)8-12/h3-6,11-12H,7-8H2,1-2H3/i7+1. The zero-order valence-corrected chi connectivity index (χ0v) is 7.62. The zero-order valence-electron chi connectivity index (χ0n) is 7.62. The van der Waals surface area contributed by atoms with Gasteiger partial charge in [-0.2, -0.15) is 0 Å². The van der Waals surface area contributed by atoms with Gasteiger partial charge in [-0.05, 0) is 25.0 Å². The molecule has 0 aromatic carbocycles. The Morgan fingerprint density at radius 1 is 0.917 bits per heavy atom. The molecule has 0 aliphatic carbocycles. The third kappa shape index (κ3) is 5.89. The molecule has 0 radical (unpaired) electrons. The Hall–Kier alpha value is -0.860. The summed E-state index contributed by atoms with van der Waals surface area (Å²) in [6.45, 7) is 3.89. The van der Waals surface area contributed by atoms with Crippen molar-refractivity contribution in [3.63, 3.8) is 0 Å². The SMILES string of the molecule is CC(=CC=CC=C(C)[13CH2]O)CO. The van der Waals surface area contributed by atoms with Crippen molar-refractivity contribution in [2.45, 2.75) is 13.8 Å². The van der Waals surface area contributed by atoms with Gasteiger partial charge < -0.3 is 10.2 Å². The summed E-state index contributed by atoms with van der Waals surface area (Å²) in [5.41, 5.74) is 1.84. The van der Waals surface area contributed by atoms with Crippen molar-refractivity contribution in [1.82, 2.24) is 0 Å². The number of rotatable bonds is 4. The van der Waals surface area contributed by atoms with Crippen LogP contribution in [-0.2, 0) is 0 Å². The van der Waals surface area contributed by atoms with E-state index in [-0.39, 0.29) is 13.2 Å². The molecule has 68 valence electrons. The van der Waals surface area contributed by atoms with Gasteiger partial charge in [-0.25, -0.2) is 0 Å². The minimum atomic E-state index is 0.0903. The molecule has 0 unspecified atom stereocenters. The molecule has 0 saturated carbocycles. The number of hydrogen-bond donors (Lipinski definition) is 2. The van der Waals surface area contributed by atoms with Crippen LogP contribution in [0.4, 0.5) is 0 Å².